The number of nitro benzene ring substituents is 1. The third kappa shape index (κ3) is 3.00. The lowest BCUT2D eigenvalue weighted by Crippen LogP contribution is -2.20. The SMILES string of the molecule is CCC(CC1CC1)Nc1cccc(C)c1[N+](=O)[O-]. The van der Waals surface area contributed by atoms with Crippen molar-refractivity contribution in [2.75, 3.05) is 5.32 Å². The van der Waals surface area contributed by atoms with Gasteiger partial charge in [0.1, 0.15) is 5.69 Å². The number of rotatable bonds is 6. The summed E-state index contributed by atoms with van der Waals surface area (Å²) < 4.78 is 0. The van der Waals surface area contributed by atoms with Gasteiger partial charge in [-0.15, -0.1) is 0 Å². The van der Waals surface area contributed by atoms with Crippen molar-refractivity contribution in [3.8, 4) is 0 Å². The molecule has 0 saturated heterocycles. The van der Waals surface area contributed by atoms with Crippen molar-refractivity contribution >= 4 is 11.4 Å². The largest absolute Gasteiger partial charge is 0.377 e. The van der Waals surface area contributed by atoms with E-state index in [4.69, 9.17) is 0 Å². The van der Waals surface area contributed by atoms with E-state index < -0.39 is 0 Å². The van der Waals surface area contributed by atoms with Gasteiger partial charge in [-0.05, 0) is 31.7 Å². The highest BCUT2D eigenvalue weighted by Gasteiger charge is 2.26. The zero-order valence-corrected chi connectivity index (χ0v) is 11.0. The van der Waals surface area contributed by atoms with Crippen LogP contribution in [0.15, 0.2) is 18.2 Å². The third-order valence-corrected chi connectivity index (χ3v) is 3.59. The van der Waals surface area contributed by atoms with E-state index in [1.807, 2.05) is 6.07 Å². The van der Waals surface area contributed by atoms with Crippen LogP contribution in [0.5, 0.6) is 0 Å². The van der Waals surface area contributed by atoms with Crippen LogP contribution >= 0.6 is 0 Å². The highest BCUT2D eigenvalue weighted by atomic mass is 16.6. The maximum Gasteiger partial charge on any atom is 0.295 e. The van der Waals surface area contributed by atoms with Gasteiger partial charge in [0.05, 0.1) is 4.92 Å². The minimum absolute atomic E-state index is 0.215. The second-order valence-corrected chi connectivity index (χ2v) is 5.16. The van der Waals surface area contributed by atoms with Crippen LogP contribution in [0, 0.1) is 23.0 Å². The minimum Gasteiger partial charge on any atom is -0.377 e. The molecule has 4 nitrogen and oxygen atoms in total. The fourth-order valence-electron chi connectivity index (χ4n) is 2.32. The molecule has 1 unspecified atom stereocenters. The van der Waals surface area contributed by atoms with Crippen molar-refractivity contribution < 1.29 is 4.92 Å². The second kappa shape index (κ2) is 5.38. The molecule has 1 aliphatic rings. The number of aryl methyl sites for hydroxylation is 1. The molecule has 98 valence electrons. The molecule has 0 radical (unpaired) electrons. The van der Waals surface area contributed by atoms with E-state index in [2.05, 4.69) is 12.2 Å². The van der Waals surface area contributed by atoms with Crippen molar-refractivity contribution in [2.24, 2.45) is 5.92 Å². The molecule has 18 heavy (non-hydrogen) atoms. The van der Waals surface area contributed by atoms with Gasteiger partial charge in [-0.2, -0.15) is 0 Å². The summed E-state index contributed by atoms with van der Waals surface area (Å²) in [6, 6.07) is 5.80. The van der Waals surface area contributed by atoms with Crippen molar-refractivity contribution in [1.29, 1.82) is 0 Å². The number of hydrogen-bond acceptors (Lipinski definition) is 3. The molecule has 0 heterocycles. The van der Waals surface area contributed by atoms with Crippen molar-refractivity contribution in [3.63, 3.8) is 0 Å². The summed E-state index contributed by atoms with van der Waals surface area (Å²) in [4.78, 5) is 10.8. The summed E-state index contributed by atoms with van der Waals surface area (Å²) in [5.74, 6) is 0.825. The molecule has 1 saturated carbocycles. The van der Waals surface area contributed by atoms with Crippen LogP contribution in [0.25, 0.3) is 0 Å². The molecular formula is C14H20N2O2. The lowest BCUT2D eigenvalue weighted by Gasteiger charge is -2.18. The molecule has 1 atom stereocenters. The Hall–Kier alpha value is -1.58. The van der Waals surface area contributed by atoms with Crippen LogP contribution in [-0.2, 0) is 0 Å². The summed E-state index contributed by atoms with van der Waals surface area (Å²) in [6.45, 7) is 3.91. The molecule has 0 aliphatic heterocycles. The van der Waals surface area contributed by atoms with Crippen LogP contribution in [0.2, 0.25) is 0 Å². The predicted octanol–water partition coefficient (Wildman–Crippen LogP) is 3.89. The highest BCUT2D eigenvalue weighted by Crippen LogP contribution is 2.36. The Morgan fingerprint density at radius 3 is 2.78 bits per heavy atom. The molecule has 0 spiro atoms. The van der Waals surface area contributed by atoms with Gasteiger partial charge in [-0.1, -0.05) is 31.9 Å². The fraction of sp³-hybridized carbons (Fsp3) is 0.571. The Balaban J connectivity index is 2.15. The third-order valence-electron chi connectivity index (χ3n) is 3.59. The van der Waals surface area contributed by atoms with E-state index in [1.54, 1.807) is 19.1 Å². The van der Waals surface area contributed by atoms with Crippen molar-refractivity contribution in [2.45, 2.75) is 45.6 Å². The van der Waals surface area contributed by atoms with Gasteiger partial charge in [0, 0.05) is 11.6 Å². The van der Waals surface area contributed by atoms with Crippen LogP contribution < -0.4 is 5.32 Å². The molecular weight excluding hydrogens is 228 g/mol. The zero-order valence-electron chi connectivity index (χ0n) is 11.0. The molecule has 0 amide bonds. The fourth-order valence-corrected chi connectivity index (χ4v) is 2.32. The lowest BCUT2D eigenvalue weighted by molar-refractivity contribution is -0.384. The Labute approximate surface area is 108 Å². The highest BCUT2D eigenvalue weighted by molar-refractivity contribution is 5.65. The summed E-state index contributed by atoms with van der Waals surface area (Å²) in [5.41, 5.74) is 1.59. The quantitative estimate of drug-likeness (QED) is 0.613. The van der Waals surface area contributed by atoms with Crippen molar-refractivity contribution in [3.05, 3.63) is 33.9 Å². The molecule has 1 aromatic carbocycles. The molecule has 1 aliphatic carbocycles. The van der Waals surface area contributed by atoms with E-state index in [-0.39, 0.29) is 10.6 Å². The predicted molar refractivity (Wildman–Crippen MR) is 72.9 cm³/mol. The standard InChI is InChI=1S/C14H20N2O2/c1-3-12(9-11-7-8-11)15-13-6-4-5-10(2)14(13)16(17)18/h4-6,11-12,15H,3,7-9H2,1-2H3. The first-order valence-electron chi connectivity index (χ1n) is 6.62. The zero-order chi connectivity index (χ0) is 13.1. The Kier molecular flexibility index (Phi) is 3.84. The number of hydrogen-bond donors (Lipinski definition) is 1. The summed E-state index contributed by atoms with van der Waals surface area (Å²) in [7, 11) is 0. The van der Waals surface area contributed by atoms with E-state index in [1.165, 1.54) is 12.8 Å². The van der Waals surface area contributed by atoms with Crippen LogP contribution in [0.4, 0.5) is 11.4 Å². The average Bonchev–Trinajstić information content (AvgIpc) is 3.11. The smallest absolute Gasteiger partial charge is 0.295 e. The number of nitro groups is 1. The van der Waals surface area contributed by atoms with Gasteiger partial charge in [0.15, 0.2) is 0 Å². The van der Waals surface area contributed by atoms with Crippen molar-refractivity contribution in [1.82, 2.24) is 0 Å². The molecule has 0 aromatic heterocycles. The topological polar surface area (TPSA) is 55.2 Å². The first-order chi connectivity index (χ1) is 8.61. The molecule has 1 N–H and O–H groups in total. The van der Waals surface area contributed by atoms with Crippen LogP contribution in [-0.4, -0.2) is 11.0 Å². The summed E-state index contributed by atoms with van der Waals surface area (Å²) in [5, 5.41) is 14.5. The Morgan fingerprint density at radius 2 is 2.22 bits per heavy atom. The van der Waals surface area contributed by atoms with Gasteiger partial charge < -0.3 is 5.32 Å². The Morgan fingerprint density at radius 1 is 1.50 bits per heavy atom. The number of nitrogens with one attached hydrogen (secondary N) is 1. The number of benzene rings is 1. The van der Waals surface area contributed by atoms with Gasteiger partial charge >= 0.3 is 0 Å². The first-order valence-corrected chi connectivity index (χ1v) is 6.62. The summed E-state index contributed by atoms with van der Waals surface area (Å²) >= 11 is 0. The van der Waals surface area contributed by atoms with E-state index in [0.717, 1.165) is 18.8 Å². The van der Waals surface area contributed by atoms with E-state index in [0.29, 0.717) is 17.3 Å². The molecule has 1 aromatic rings. The monoisotopic (exact) mass is 248 g/mol. The molecule has 4 heteroatoms. The number of para-hydroxylation sites is 1. The second-order valence-electron chi connectivity index (χ2n) is 5.16. The average molecular weight is 248 g/mol. The Bertz CT molecular complexity index is 441. The lowest BCUT2D eigenvalue weighted by atomic mass is 10.1. The minimum atomic E-state index is -0.290. The van der Waals surface area contributed by atoms with Crippen LogP contribution in [0.3, 0.4) is 0 Å². The molecule has 2 rings (SSSR count). The summed E-state index contributed by atoms with van der Waals surface area (Å²) in [6.07, 6.45) is 4.76. The van der Waals surface area contributed by atoms with Gasteiger partial charge in [0.2, 0.25) is 0 Å². The molecule has 1 fully saturated rings. The van der Waals surface area contributed by atoms with Gasteiger partial charge in [0.25, 0.3) is 5.69 Å². The maximum absolute atomic E-state index is 11.1. The normalized spacial score (nSPS) is 16.3. The van der Waals surface area contributed by atoms with E-state index >= 15 is 0 Å². The van der Waals surface area contributed by atoms with Gasteiger partial charge in [-0.25, -0.2) is 0 Å². The molecule has 0 bridgehead atoms. The number of nitrogens with zero attached hydrogens (tertiary/aromatic N) is 1. The number of anilines is 1. The van der Waals surface area contributed by atoms with Crippen LogP contribution in [0.1, 0.15) is 38.2 Å². The first kappa shape index (κ1) is 12.9. The van der Waals surface area contributed by atoms with Gasteiger partial charge in [-0.3, -0.25) is 10.1 Å². The van der Waals surface area contributed by atoms with E-state index in [9.17, 15) is 10.1 Å². The maximum atomic E-state index is 11.1.